The second-order valence-corrected chi connectivity index (χ2v) is 30.5. The third-order valence-electron chi connectivity index (χ3n) is 24.5. The van der Waals surface area contributed by atoms with Crippen LogP contribution in [0, 0.1) is 50.2 Å². The highest BCUT2D eigenvalue weighted by molar-refractivity contribution is 5.79. The van der Waals surface area contributed by atoms with Crippen LogP contribution in [0.1, 0.15) is 106 Å². The van der Waals surface area contributed by atoms with Gasteiger partial charge in [-0.1, -0.05) is 46.3 Å². The monoisotopic (exact) mass is 1370 g/mol. The summed E-state index contributed by atoms with van der Waals surface area (Å²) in [7, 11) is 0. The molecular formula is C63H100O32. The first kappa shape index (κ1) is 73.8. The second-order valence-electron chi connectivity index (χ2n) is 30.5. The molecule has 95 heavy (non-hydrogen) atoms. The van der Waals surface area contributed by atoms with Crippen molar-refractivity contribution < 1.29 is 158 Å². The summed E-state index contributed by atoms with van der Waals surface area (Å²) < 4.78 is 71.3. The van der Waals surface area contributed by atoms with Gasteiger partial charge in [0.05, 0.1) is 56.1 Å². The van der Waals surface area contributed by atoms with E-state index in [1.807, 2.05) is 6.92 Å². The normalized spacial score (nSPS) is 54.2. The van der Waals surface area contributed by atoms with Crippen LogP contribution in [0.2, 0.25) is 0 Å². The van der Waals surface area contributed by atoms with Crippen molar-refractivity contribution in [3.63, 3.8) is 0 Å². The number of hydrogen-bond acceptors (Lipinski definition) is 31. The van der Waals surface area contributed by atoms with Crippen molar-refractivity contribution in [3.05, 3.63) is 11.6 Å². The number of carboxylic acid groups (broad SMARTS) is 1. The number of aliphatic hydroxyl groups is 17. The van der Waals surface area contributed by atoms with Crippen molar-refractivity contribution in [2.24, 2.45) is 50.2 Å². The van der Waals surface area contributed by atoms with Crippen molar-refractivity contribution in [2.75, 3.05) is 33.0 Å². The van der Waals surface area contributed by atoms with E-state index in [9.17, 15) is 96.7 Å². The van der Waals surface area contributed by atoms with Gasteiger partial charge in [0.1, 0.15) is 128 Å². The van der Waals surface area contributed by atoms with Gasteiger partial charge in [-0.2, -0.15) is 0 Å². The number of carbonyl (C=O) groups is 2. The summed E-state index contributed by atoms with van der Waals surface area (Å²) in [6.45, 7) is 10.4. The van der Waals surface area contributed by atoms with Gasteiger partial charge in [-0.15, -0.1) is 0 Å². The lowest BCUT2D eigenvalue weighted by Crippen LogP contribution is -2.70. The Kier molecular flexibility index (Phi) is 21.3. The molecule has 5 aliphatic carbocycles. The van der Waals surface area contributed by atoms with Gasteiger partial charge in [0.25, 0.3) is 0 Å². The fourth-order valence-corrected chi connectivity index (χ4v) is 18.7. The molecule has 6 saturated heterocycles. The molecule has 32 heteroatoms. The largest absolute Gasteiger partial charge is 0.481 e. The minimum Gasteiger partial charge on any atom is -0.481 e. The first-order chi connectivity index (χ1) is 44.5. The SMILES string of the molecule is C[C@@H]1O[C@H](O[C@@H]2CO[C@@H](OC(=O)[C@]34CCC(C)(C)C[C@H]3C3=CC[C@@H]5[C@@]6(C)C[C@H](O)[C@H](O[C@@H]7O[C@H](CO)[C@@H](O)[C@H](O)[C@H]7O)[C@@](C)(C(=O)O)[C@@H]6CC[C@@]5(C)[C@]3(C)CC4)[C@H](O)[C@H]2O[C@H]2OC[C@@H](O)[C@H](O)[C@H]2O)[C@H](O)[C@H](O)[C@H]1O[C@@H]1OC[C@@H](O)[C@H](O)[C@H]1O[C@@H]1O[C@H]([C@H](O)CO)[C@H](O)[C@H]1O. The third kappa shape index (κ3) is 12.5. The average molecular weight is 1370 g/mol. The van der Waals surface area contributed by atoms with Crippen molar-refractivity contribution in [1.82, 2.24) is 0 Å². The molecule has 11 rings (SSSR count). The van der Waals surface area contributed by atoms with Gasteiger partial charge in [0.2, 0.25) is 6.29 Å². The Morgan fingerprint density at radius 1 is 0.558 bits per heavy atom. The molecule has 18 N–H and O–H groups in total. The average Bonchev–Trinajstić information content (AvgIpc) is 0.847. The molecule has 37 atom stereocenters. The topological polar surface area (TPSA) is 509 Å². The molecule has 544 valence electrons. The highest BCUT2D eigenvalue weighted by Crippen LogP contribution is 2.76. The van der Waals surface area contributed by atoms with Crippen LogP contribution < -0.4 is 0 Å². The zero-order chi connectivity index (χ0) is 69.3. The van der Waals surface area contributed by atoms with Gasteiger partial charge in [-0.3, -0.25) is 9.59 Å². The fraction of sp³-hybridized carbons (Fsp3) is 0.937. The lowest BCUT2D eigenvalue weighted by Gasteiger charge is -2.71. The summed E-state index contributed by atoms with van der Waals surface area (Å²) >= 11 is 0. The van der Waals surface area contributed by atoms with E-state index in [0.717, 1.165) is 5.57 Å². The van der Waals surface area contributed by atoms with Crippen LogP contribution in [0.25, 0.3) is 0 Å². The molecule has 0 aromatic carbocycles. The van der Waals surface area contributed by atoms with E-state index in [1.165, 1.54) is 13.8 Å². The molecule has 0 bridgehead atoms. The Morgan fingerprint density at radius 3 is 1.82 bits per heavy atom. The quantitative estimate of drug-likeness (QED) is 0.0390. The molecule has 6 heterocycles. The first-order valence-electron chi connectivity index (χ1n) is 33.2. The van der Waals surface area contributed by atoms with E-state index < -0.39 is 262 Å². The standard InChI is InChI=1S/C63H100O32/c1-23-45(90-55-48(35(71)29(69)21-85-55)93-54-43(79)39(75)46(91-54)27(67)18-64)38(74)42(78)52(87-23)89-31-22-86-51(44(80)47(31)92-50-40(76)34(70)28(68)20-84-50)95-57(83)63-14-12-58(2,3)16-25(63)24-8-9-32-59(4)17-26(66)49(94-53-41(77)37(73)36(72)30(19-65)88-53)62(7,56(81)82)33(59)10-11-61(32,6)60(24,5)13-15-63/h8,23,25-55,64-80H,9-22H2,1-7H3,(H,81,82)/t23-,25-,26-,27+,28+,29+,30+,31+,32+,33+,34-,35-,36+,37-,38-,39+,40+,41+,42+,43+,44+,45-,46+,47-,48+,49-,50+,51-,52+,53-,54-,55-,59+,60+,61+,62-,63-/m0/s1. The number of carboxylic acids is 1. The Morgan fingerprint density at radius 2 is 1.15 bits per heavy atom. The number of carbonyl (C=O) groups excluding carboxylic acids is 1. The first-order valence-corrected chi connectivity index (χ1v) is 33.2. The third-order valence-corrected chi connectivity index (χ3v) is 24.5. The van der Waals surface area contributed by atoms with Crippen LogP contribution in [0.4, 0.5) is 0 Å². The lowest BCUT2D eigenvalue weighted by atomic mass is 9.33. The van der Waals surface area contributed by atoms with Crippen LogP contribution in [0.3, 0.4) is 0 Å². The van der Waals surface area contributed by atoms with Gasteiger partial charge in [0, 0.05) is 0 Å². The predicted octanol–water partition coefficient (Wildman–Crippen LogP) is -5.41. The van der Waals surface area contributed by atoms with Crippen molar-refractivity contribution >= 4 is 11.9 Å². The van der Waals surface area contributed by atoms with Gasteiger partial charge >= 0.3 is 11.9 Å². The molecule has 0 spiro atoms. The van der Waals surface area contributed by atoms with E-state index in [1.54, 1.807) is 0 Å². The van der Waals surface area contributed by atoms with Gasteiger partial charge in [0.15, 0.2) is 31.5 Å². The number of rotatable bonds is 16. The summed E-state index contributed by atoms with van der Waals surface area (Å²) in [6.07, 6.45) is -43.3. The van der Waals surface area contributed by atoms with Crippen LogP contribution >= 0.6 is 0 Å². The maximum absolute atomic E-state index is 15.5. The second kappa shape index (κ2) is 27.4. The Labute approximate surface area is 548 Å². The number of esters is 1. The molecule has 0 unspecified atom stereocenters. The van der Waals surface area contributed by atoms with E-state index >= 15 is 4.79 Å². The fourth-order valence-electron chi connectivity index (χ4n) is 18.7. The summed E-state index contributed by atoms with van der Waals surface area (Å²) in [5, 5.41) is 196. The van der Waals surface area contributed by atoms with E-state index in [0.29, 0.717) is 51.4 Å². The van der Waals surface area contributed by atoms with E-state index in [2.05, 4.69) is 33.8 Å². The number of ether oxygens (including phenoxy) is 12. The molecule has 4 saturated carbocycles. The van der Waals surface area contributed by atoms with Gasteiger partial charge < -0.3 is 149 Å². The van der Waals surface area contributed by atoms with Gasteiger partial charge in [-0.25, -0.2) is 0 Å². The highest BCUT2D eigenvalue weighted by Gasteiger charge is 2.73. The van der Waals surface area contributed by atoms with Crippen LogP contribution in [0.5, 0.6) is 0 Å². The number of allylic oxidation sites excluding steroid dienone is 2. The smallest absolute Gasteiger partial charge is 0.315 e. The number of aliphatic carboxylic acids is 1. The van der Waals surface area contributed by atoms with Crippen LogP contribution in [0.15, 0.2) is 11.6 Å². The Hall–Kier alpha value is -2.44. The number of aliphatic hydroxyl groups excluding tert-OH is 17. The van der Waals surface area contributed by atoms with Crippen LogP contribution in [-0.2, 0) is 66.4 Å². The molecular weight excluding hydrogens is 1270 g/mol. The summed E-state index contributed by atoms with van der Waals surface area (Å²) in [4.78, 5) is 29.4. The zero-order valence-corrected chi connectivity index (χ0v) is 54.2. The molecule has 0 aromatic rings. The molecule has 32 nitrogen and oxygen atoms in total. The molecule has 10 fully saturated rings. The molecule has 6 aliphatic heterocycles. The highest BCUT2D eigenvalue weighted by atomic mass is 16.8. The van der Waals surface area contributed by atoms with Crippen LogP contribution in [-0.4, -0.2) is 315 Å². The van der Waals surface area contributed by atoms with Gasteiger partial charge in [-0.05, 0) is 111 Å². The van der Waals surface area contributed by atoms with Crippen molar-refractivity contribution in [1.29, 1.82) is 0 Å². The van der Waals surface area contributed by atoms with Crippen molar-refractivity contribution in [3.8, 4) is 0 Å². The summed E-state index contributed by atoms with van der Waals surface area (Å²) in [5.74, 6) is -3.19. The lowest BCUT2D eigenvalue weighted by molar-refractivity contribution is -0.379. The Bertz CT molecular complexity index is 2730. The van der Waals surface area contributed by atoms with E-state index in [4.69, 9.17) is 56.8 Å². The maximum atomic E-state index is 15.5. The minimum atomic E-state index is -2.01. The molecule has 0 radical (unpaired) electrons. The molecule has 11 aliphatic rings. The molecule has 0 aromatic heterocycles. The predicted molar refractivity (Wildman–Crippen MR) is 312 cm³/mol. The molecule has 0 amide bonds. The zero-order valence-electron chi connectivity index (χ0n) is 54.2. The van der Waals surface area contributed by atoms with Crippen molar-refractivity contribution in [2.45, 2.75) is 284 Å². The van der Waals surface area contributed by atoms with E-state index in [-0.39, 0.29) is 17.8 Å². The number of fused-ring (bicyclic) bond motifs is 7. The summed E-state index contributed by atoms with van der Waals surface area (Å²) in [5.41, 5.74) is -4.19. The minimum absolute atomic E-state index is 0.0858. The summed E-state index contributed by atoms with van der Waals surface area (Å²) in [6, 6.07) is 0. The number of hydrogen-bond donors (Lipinski definition) is 18. The Balaban J connectivity index is 0.810. The maximum Gasteiger partial charge on any atom is 0.315 e.